The number of rotatable bonds is 7. The Balaban J connectivity index is 1.26. The second-order valence-corrected chi connectivity index (χ2v) is 10.9. The smallest absolute Gasteiger partial charge is 0.335 e. The van der Waals surface area contributed by atoms with Crippen LogP contribution in [0.15, 0.2) is 72.8 Å². The van der Waals surface area contributed by atoms with Gasteiger partial charge in [-0.3, -0.25) is 9.59 Å². The van der Waals surface area contributed by atoms with E-state index in [9.17, 15) is 14.4 Å². The highest BCUT2D eigenvalue weighted by Crippen LogP contribution is 2.38. The minimum atomic E-state index is -1.03. The molecule has 2 aliphatic carbocycles. The summed E-state index contributed by atoms with van der Waals surface area (Å²) in [5.74, 6) is -1.22. The second-order valence-electron chi connectivity index (χ2n) is 10.9. The molecule has 2 saturated carbocycles. The highest BCUT2D eigenvalue weighted by Gasteiger charge is 2.45. The Labute approximate surface area is 232 Å². The van der Waals surface area contributed by atoms with E-state index in [2.05, 4.69) is 22.8 Å². The number of amides is 2. The molecule has 2 fully saturated rings. The predicted molar refractivity (Wildman–Crippen MR) is 153 cm³/mol. The fourth-order valence-electron chi connectivity index (χ4n) is 5.96. The van der Waals surface area contributed by atoms with Crippen LogP contribution in [0.1, 0.15) is 83.7 Å². The van der Waals surface area contributed by atoms with Crippen LogP contribution >= 0.6 is 0 Å². The lowest BCUT2D eigenvalue weighted by Gasteiger charge is -2.40. The maximum absolute atomic E-state index is 13.4. The fraction of sp³-hybridized carbons (Fsp3) is 0.312. The Morgan fingerprint density at radius 2 is 1.55 bits per heavy atom. The van der Waals surface area contributed by atoms with Crippen molar-refractivity contribution in [1.82, 2.24) is 15.1 Å². The van der Waals surface area contributed by atoms with Crippen molar-refractivity contribution >= 4 is 34.4 Å². The second kappa shape index (κ2) is 10.6. The molecule has 3 N–H and O–H groups in total. The summed E-state index contributed by atoms with van der Waals surface area (Å²) in [6.45, 7) is 0. The molecular formula is C32H32N4O4. The topological polar surface area (TPSA) is 113 Å². The van der Waals surface area contributed by atoms with E-state index in [0.717, 1.165) is 35.9 Å². The summed E-state index contributed by atoms with van der Waals surface area (Å²) in [7, 11) is 0. The standard InChI is InChI=1S/C32H32N4O4/c37-29(34-32(18-7-19-32)31(40)33-24-15-12-22(13-16-24)30(38)39)23-14-17-26-27(20-23)35-36(25-10-5-2-6-11-25)28(26)21-8-3-1-4-9-21/h2,5-6,10-17,20-21H,1,3-4,7-9,18-19H2,(H,33,40)(H,34,37)(H,38,39). The summed E-state index contributed by atoms with van der Waals surface area (Å²) in [5.41, 5.74) is 3.06. The first-order chi connectivity index (χ1) is 19.4. The molecular weight excluding hydrogens is 504 g/mol. The van der Waals surface area contributed by atoms with E-state index in [-0.39, 0.29) is 17.4 Å². The Bertz CT molecular complexity index is 1570. The van der Waals surface area contributed by atoms with E-state index in [1.165, 1.54) is 37.1 Å². The van der Waals surface area contributed by atoms with E-state index >= 15 is 0 Å². The number of carbonyl (C=O) groups excluding carboxylic acids is 2. The van der Waals surface area contributed by atoms with Crippen LogP contribution in [0.2, 0.25) is 0 Å². The van der Waals surface area contributed by atoms with Gasteiger partial charge >= 0.3 is 5.97 Å². The lowest BCUT2D eigenvalue weighted by Crippen LogP contribution is -2.61. The maximum atomic E-state index is 13.4. The van der Waals surface area contributed by atoms with Crippen LogP contribution in [0.25, 0.3) is 16.6 Å². The normalized spacial score (nSPS) is 16.7. The number of nitrogens with zero attached hydrogens (tertiary/aromatic N) is 2. The van der Waals surface area contributed by atoms with Crippen molar-refractivity contribution in [2.45, 2.75) is 62.8 Å². The number of carbonyl (C=O) groups is 3. The van der Waals surface area contributed by atoms with Crippen LogP contribution < -0.4 is 10.6 Å². The third kappa shape index (κ3) is 4.85. The molecule has 0 radical (unpaired) electrons. The van der Waals surface area contributed by atoms with E-state index < -0.39 is 11.5 Å². The Kier molecular flexibility index (Phi) is 6.84. The van der Waals surface area contributed by atoms with Crippen molar-refractivity contribution in [3.8, 4) is 5.69 Å². The van der Waals surface area contributed by atoms with Gasteiger partial charge in [-0.2, -0.15) is 5.10 Å². The zero-order chi connectivity index (χ0) is 27.7. The molecule has 4 aromatic rings. The third-order valence-corrected chi connectivity index (χ3v) is 8.35. The molecule has 0 spiro atoms. The summed E-state index contributed by atoms with van der Waals surface area (Å²) in [6, 6.07) is 21.8. The average Bonchev–Trinajstić information content (AvgIpc) is 3.35. The lowest BCUT2D eigenvalue weighted by atomic mass is 9.75. The fourth-order valence-corrected chi connectivity index (χ4v) is 5.96. The van der Waals surface area contributed by atoms with Crippen molar-refractivity contribution in [3.05, 3.63) is 89.6 Å². The van der Waals surface area contributed by atoms with Gasteiger partial charge in [0.1, 0.15) is 5.54 Å². The van der Waals surface area contributed by atoms with Crippen LogP contribution in [-0.2, 0) is 4.79 Å². The first-order valence-electron chi connectivity index (χ1n) is 14.0. The number of benzene rings is 3. The van der Waals surface area contributed by atoms with Gasteiger partial charge in [-0.05, 0) is 80.6 Å². The number of anilines is 1. The number of hydrogen-bond acceptors (Lipinski definition) is 4. The predicted octanol–water partition coefficient (Wildman–Crippen LogP) is 6.06. The number of para-hydroxylation sites is 1. The number of nitrogens with one attached hydrogen (secondary N) is 2. The van der Waals surface area contributed by atoms with Crippen molar-refractivity contribution in [1.29, 1.82) is 0 Å². The van der Waals surface area contributed by atoms with Crippen molar-refractivity contribution in [2.24, 2.45) is 0 Å². The molecule has 0 aliphatic heterocycles. The highest BCUT2D eigenvalue weighted by atomic mass is 16.4. The van der Waals surface area contributed by atoms with Gasteiger partial charge in [-0.25, -0.2) is 9.48 Å². The first kappa shape index (κ1) is 25.8. The number of aromatic carboxylic acids is 1. The SMILES string of the molecule is O=C(O)c1ccc(NC(=O)C2(NC(=O)c3ccc4c(C5CCCCC5)n(-c5ccccc5)nc4c3)CCC2)cc1. The molecule has 0 saturated heterocycles. The van der Waals surface area contributed by atoms with Gasteiger partial charge in [0.05, 0.1) is 22.5 Å². The molecule has 8 nitrogen and oxygen atoms in total. The number of aromatic nitrogens is 2. The van der Waals surface area contributed by atoms with E-state index in [1.54, 1.807) is 12.1 Å². The number of carboxylic acids is 1. The molecule has 0 bridgehead atoms. The zero-order valence-electron chi connectivity index (χ0n) is 22.2. The molecule has 0 unspecified atom stereocenters. The van der Waals surface area contributed by atoms with Crippen LogP contribution in [0.5, 0.6) is 0 Å². The van der Waals surface area contributed by atoms with Gasteiger partial charge in [-0.1, -0.05) is 43.5 Å². The van der Waals surface area contributed by atoms with E-state index in [0.29, 0.717) is 30.0 Å². The molecule has 40 heavy (non-hydrogen) atoms. The summed E-state index contributed by atoms with van der Waals surface area (Å²) in [4.78, 5) is 37.8. The Morgan fingerprint density at radius 1 is 0.850 bits per heavy atom. The van der Waals surface area contributed by atoms with Gasteiger partial charge in [0.15, 0.2) is 0 Å². The average molecular weight is 537 g/mol. The van der Waals surface area contributed by atoms with Gasteiger partial charge in [0.25, 0.3) is 5.91 Å². The van der Waals surface area contributed by atoms with Crippen molar-refractivity contribution in [3.63, 3.8) is 0 Å². The van der Waals surface area contributed by atoms with Gasteiger partial charge in [0, 0.05) is 22.6 Å². The summed E-state index contributed by atoms with van der Waals surface area (Å²) >= 11 is 0. The van der Waals surface area contributed by atoms with Crippen LogP contribution in [0, 0.1) is 0 Å². The minimum absolute atomic E-state index is 0.140. The van der Waals surface area contributed by atoms with Gasteiger partial charge in [0.2, 0.25) is 5.91 Å². The van der Waals surface area contributed by atoms with Crippen LogP contribution in [0.3, 0.4) is 0 Å². The van der Waals surface area contributed by atoms with Crippen LogP contribution in [0.4, 0.5) is 5.69 Å². The number of hydrogen-bond donors (Lipinski definition) is 3. The molecule has 1 heterocycles. The molecule has 8 heteroatoms. The zero-order valence-corrected chi connectivity index (χ0v) is 22.2. The van der Waals surface area contributed by atoms with Crippen molar-refractivity contribution < 1.29 is 19.5 Å². The minimum Gasteiger partial charge on any atom is -0.478 e. The van der Waals surface area contributed by atoms with Crippen molar-refractivity contribution in [2.75, 3.05) is 5.32 Å². The quantitative estimate of drug-likeness (QED) is 0.266. The summed E-state index contributed by atoms with van der Waals surface area (Å²) in [5, 5.41) is 21.0. The molecule has 2 amide bonds. The number of carboxylic acid groups (broad SMARTS) is 1. The van der Waals surface area contributed by atoms with E-state index in [4.69, 9.17) is 10.2 Å². The summed E-state index contributed by atoms with van der Waals surface area (Å²) < 4.78 is 2.04. The van der Waals surface area contributed by atoms with Crippen LogP contribution in [-0.4, -0.2) is 38.2 Å². The molecule has 3 aromatic carbocycles. The monoisotopic (exact) mass is 536 g/mol. The van der Waals surface area contributed by atoms with Gasteiger partial charge < -0.3 is 15.7 Å². The first-order valence-corrected chi connectivity index (χ1v) is 14.0. The molecule has 2 aliphatic rings. The maximum Gasteiger partial charge on any atom is 0.335 e. The Hall–Kier alpha value is -4.46. The third-order valence-electron chi connectivity index (χ3n) is 8.35. The molecule has 204 valence electrons. The largest absolute Gasteiger partial charge is 0.478 e. The number of fused-ring (bicyclic) bond motifs is 1. The molecule has 1 aromatic heterocycles. The highest BCUT2D eigenvalue weighted by molar-refractivity contribution is 6.05. The summed E-state index contributed by atoms with van der Waals surface area (Å²) in [6.07, 6.45) is 7.85. The van der Waals surface area contributed by atoms with E-state index in [1.807, 2.05) is 41.1 Å². The molecule has 0 atom stereocenters. The molecule has 6 rings (SSSR count). The Morgan fingerprint density at radius 3 is 2.20 bits per heavy atom. The van der Waals surface area contributed by atoms with Gasteiger partial charge in [-0.15, -0.1) is 0 Å². The lowest BCUT2D eigenvalue weighted by molar-refractivity contribution is -0.125.